The van der Waals surface area contributed by atoms with Gasteiger partial charge in [0.25, 0.3) is 0 Å². The Morgan fingerprint density at radius 2 is 1.89 bits per heavy atom. The lowest BCUT2D eigenvalue weighted by molar-refractivity contribution is -0.115. The van der Waals surface area contributed by atoms with Crippen LogP contribution in [0.25, 0.3) is 0 Å². The van der Waals surface area contributed by atoms with Crippen molar-refractivity contribution < 1.29 is 9.18 Å². The van der Waals surface area contributed by atoms with Gasteiger partial charge in [-0.15, -0.1) is 0 Å². The summed E-state index contributed by atoms with van der Waals surface area (Å²) in [6.45, 7) is 1.68. The fraction of sp³-hybridized carbons (Fsp3) is 0.133. The maximum Gasteiger partial charge on any atom is 0.228 e. The van der Waals surface area contributed by atoms with Gasteiger partial charge in [-0.3, -0.25) is 4.79 Å². The first-order valence-electron chi connectivity index (χ1n) is 5.85. The number of anilines is 1. The summed E-state index contributed by atoms with van der Waals surface area (Å²) in [6.07, 6.45) is 0.267. The third-order valence-electron chi connectivity index (χ3n) is 2.73. The van der Waals surface area contributed by atoms with Crippen LogP contribution in [0, 0.1) is 12.7 Å². The Hall–Kier alpha value is -1.68. The number of benzene rings is 2. The molecule has 2 nitrogen and oxygen atoms in total. The number of amides is 1. The molecule has 0 unspecified atom stereocenters. The van der Waals surface area contributed by atoms with Gasteiger partial charge in [0.1, 0.15) is 5.82 Å². The molecule has 0 saturated carbocycles. The van der Waals surface area contributed by atoms with Crippen molar-refractivity contribution in [2.24, 2.45) is 0 Å². The molecule has 0 aliphatic rings. The van der Waals surface area contributed by atoms with Crippen LogP contribution in [0.4, 0.5) is 10.1 Å². The fourth-order valence-electron chi connectivity index (χ4n) is 1.66. The van der Waals surface area contributed by atoms with Crippen molar-refractivity contribution in [3.8, 4) is 0 Å². The van der Waals surface area contributed by atoms with Crippen molar-refractivity contribution in [1.82, 2.24) is 0 Å². The number of hydrogen-bond donors (Lipinski definition) is 1. The first-order chi connectivity index (χ1) is 9.04. The SMILES string of the molecule is Cc1ccc(NC(=O)Cc2ccc(Br)cc2)cc1F. The highest BCUT2D eigenvalue weighted by Gasteiger charge is 2.05. The van der Waals surface area contributed by atoms with E-state index in [1.807, 2.05) is 24.3 Å². The van der Waals surface area contributed by atoms with E-state index in [4.69, 9.17) is 0 Å². The van der Waals surface area contributed by atoms with Crippen LogP contribution in [0.2, 0.25) is 0 Å². The molecule has 0 aromatic heterocycles. The number of nitrogens with one attached hydrogen (secondary N) is 1. The molecule has 0 saturated heterocycles. The third kappa shape index (κ3) is 3.89. The van der Waals surface area contributed by atoms with Gasteiger partial charge in [-0.1, -0.05) is 34.1 Å². The minimum Gasteiger partial charge on any atom is -0.326 e. The molecule has 0 radical (unpaired) electrons. The molecule has 0 spiro atoms. The van der Waals surface area contributed by atoms with Crippen molar-refractivity contribution in [1.29, 1.82) is 0 Å². The summed E-state index contributed by atoms with van der Waals surface area (Å²) < 4.78 is 14.3. The van der Waals surface area contributed by atoms with Crippen LogP contribution in [0.15, 0.2) is 46.9 Å². The standard InChI is InChI=1S/C15H13BrFNO/c1-10-2-7-13(9-14(10)17)18-15(19)8-11-3-5-12(16)6-4-11/h2-7,9H,8H2,1H3,(H,18,19). The Kier molecular flexibility index (Phi) is 4.32. The highest BCUT2D eigenvalue weighted by atomic mass is 79.9. The van der Waals surface area contributed by atoms with Gasteiger partial charge in [-0.05, 0) is 42.3 Å². The molecule has 2 aromatic rings. The lowest BCUT2D eigenvalue weighted by Crippen LogP contribution is -2.14. The molecule has 0 heterocycles. The van der Waals surface area contributed by atoms with Crippen LogP contribution in [0.5, 0.6) is 0 Å². The molecule has 2 rings (SSSR count). The molecular formula is C15H13BrFNO. The third-order valence-corrected chi connectivity index (χ3v) is 3.26. The fourth-order valence-corrected chi connectivity index (χ4v) is 1.93. The Morgan fingerprint density at radius 3 is 2.53 bits per heavy atom. The van der Waals surface area contributed by atoms with Crippen molar-refractivity contribution >= 4 is 27.5 Å². The average molecular weight is 322 g/mol. The number of carbonyl (C=O) groups excluding carboxylic acids is 1. The summed E-state index contributed by atoms with van der Waals surface area (Å²) in [5, 5.41) is 2.68. The predicted molar refractivity (Wildman–Crippen MR) is 77.6 cm³/mol. The smallest absolute Gasteiger partial charge is 0.228 e. The Bertz CT molecular complexity index is 596. The molecule has 19 heavy (non-hydrogen) atoms. The van der Waals surface area contributed by atoms with E-state index in [0.717, 1.165) is 10.0 Å². The monoisotopic (exact) mass is 321 g/mol. The molecule has 2 aromatic carbocycles. The van der Waals surface area contributed by atoms with Crippen LogP contribution >= 0.6 is 15.9 Å². The number of rotatable bonds is 3. The summed E-state index contributed by atoms with van der Waals surface area (Å²) in [6, 6.07) is 12.2. The molecule has 1 N–H and O–H groups in total. The molecule has 0 bridgehead atoms. The zero-order valence-corrected chi connectivity index (χ0v) is 12.0. The Morgan fingerprint density at radius 1 is 1.21 bits per heavy atom. The van der Waals surface area contributed by atoms with E-state index in [2.05, 4.69) is 21.2 Å². The van der Waals surface area contributed by atoms with Gasteiger partial charge in [0.2, 0.25) is 5.91 Å². The first-order valence-corrected chi connectivity index (χ1v) is 6.64. The van der Waals surface area contributed by atoms with E-state index in [1.165, 1.54) is 6.07 Å². The molecule has 0 aliphatic heterocycles. The molecule has 4 heteroatoms. The van der Waals surface area contributed by atoms with E-state index in [-0.39, 0.29) is 18.1 Å². The van der Waals surface area contributed by atoms with Crippen LogP contribution in [0.1, 0.15) is 11.1 Å². The van der Waals surface area contributed by atoms with Gasteiger partial charge in [0.05, 0.1) is 6.42 Å². The minimum atomic E-state index is -0.318. The summed E-state index contributed by atoms with van der Waals surface area (Å²) in [7, 11) is 0. The van der Waals surface area contributed by atoms with Crippen molar-refractivity contribution in [3.05, 3.63) is 63.9 Å². The van der Waals surface area contributed by atoms with Gasteiger partial charge in [0, 0.05) is 10.2 Å². The number of hydrogen-bond acceptors (Lipinski definition) is 1. The molecule has 98 valence electrons. The first kappa shape index (κ1) is 13.7. The van der Waals surface area contributed by atoms with Gasteiger partial charge < -0.3 is 5.32 Å². The van der Waals surface area contributed by atoms with E-state index in [1.54, 1.807) is 19.1 Å². The zero-order chi connectivity index (χ0) is 13.8. The molecule has 0 aliphatic carbocycles. The van der Waals surface area contributed by atoms with Crippen LogP contribution in [-0.2, 0) is 11.2 Å². The van der Waals surface area contributed by atoms with E-state index in [9.17, 15) is 9.18 Å². The van der Waals surface area contributed by atoms with E-state index in [0.29, 0.717) is 11.3 Å². The maximum atomic E-state index is 13.3. The summed E-state index contributed by atoms with van der Waals surface area (Å²) in [5.74, 6) is -0.480. The second kappa shape index (κ2) is 5.97. The van der Waals surface area contributed by atoms with Crippen molar-refractivity contribution in [2.45, 2.75) is 13.3 Å². The highest BCUT2D eigenvalue weighted by Crippen LogP contribution is 2.15. The summed E-state index contributed by atoms with van der Waals surface area (Å²) >= 11 is 3.34. The van der Waals surface area contributed by atoms with Gasteiger partial charge in [-0.25, -0.2) is 4.39 Å². The second-order valence-electron chi connectivity index (χ2n) is 4.32. The molecular weight excluding hydrogens is 309 g/mol. The molecule has 1 amide bonds. The van der Waals surface area contributed by atoms with Gasteiger partial charge in [0.15, 0.2) is 0 Å². The number of carbonyl (C=O) groups is 1. The normalized spacial score (nSPS) is 10.3. The predicted octanol–water partition coefficient (Wildman–Crippen LogP) is 4.08. The lowest BCUT2D eigenvalue weighted by atomic mass is 10.1. The van der Waals surface area contributed by atoms with Crippen LogP contribution in [-0.4, -0.2) is 5.91 Å². The molecule has 0 fully saturated rings. The highest BCUT2D eigenvalue weighted by molar-refractivity contribution is 9.10. The van der Waals surface area contributed by atoms with Crippen molar-refractivity contribution in [2.75, 3.05) is 5.32 Å². The Balaban J connectivity index is 2.01. The zero-order valence-electron chi connectivity index (χ0n) is 10.4. The van der Waals surface area contributed by atoms with Gasteiger partial charge >= 0.3 is 0 Å². The lowest BCUT2D eigenvalue weighted by Gasteiger charge is -2.06. The number of halogens is 2. The van der Waals surface area contributed by atoms with Crippen LogP contribution in [0.3, 0.4) is 0 Å². The largest absolute Gasteiger partial charge is 0.326 e. The van der Waals surface area contributed by atoms with Crippen molar-refractivity contribution in [3.63, 3.8) is 0 Å². The average Bonchev–Trinajstić information content (AvgIpc) is 2.37. The number of aryl methyl sites for hydroxylation is 1. The maximum absolute atomic E-state index is 13.3. The van der Waals surface area contributed by atoms with E-state index < -0.39 is 0 Å². The summed E-state index contributed by atoms with van der Waals surface area (Å²) in [4.78, 5) is 11.8. The van der Waals surface area contributed by atoms with Crippen LogP contribution < -0.4 is 5.32 Å². The molecule has 0 atom stereocenters. The van der Waals surface area contributed by atoms with Gasteiger partial charge in [-0.2, -0.15) is 0 Å². The Labute approximate surface area is 119 Å². The summed E-state index contributed by atoms with van der Waals surface area (Å²) in [5.41, 5.74) is 1.95. The second-order valence-corrected chi connectivity index (χ2v) is 5.23. The van der Waals surface area contributed by atoms with E-state index >= 15 is 0 Å². The minimum absolute atomic E-state index is 0.162. The quantitative estimate of drug-likeness (QED) is 0.906. The topological polar surface area (TPSA) is 29.1 Å².